The fourth-order valence-electron chi connectivity index (χ4n) is 3.79. The number of amides is 2. The number of aliphatic carboxylic acids is 1. The summed E-state index contributed by atoms with van der Waals surface area (Å²) in [4.78, 5) is 36.5. The van der Waals surface area contributed by atoms with Gasteiger partial charge in [-0.2, -0.15) is 0 Å². The van der Waals surface area contributed by atoms with Gasteiger partial charge < -0.3 is 30.0 Å². The van der Waals surface area contributed by atoms with E-state index in [1.54, 1.807) is 18.2 Å². The van der Waals surface area contributed by atoms with Crippen molar-refractivity contribution in [3.8, 4) is 5.75 Å². The van der Waals surface area contributed by atoms with Crippen LogP contribution in [0.5, 0.6) is 5.75 Å². The minimum absolute atomic E-state index is 0. The molecule has 0 unspecified atom stereocenters. The number of benzene rings is 1. The third-order valence-corrected chi connectivity index (χ3v) is 4.88. The quantitative estimate of drug-likeness (QED) is 0.417. The van der Waals surface area contributed by atoms with E-state index in [2.05, 4.69) is 5.32 Å². The van der Waals surface area contributed by atoms with Gasteiger partial charge in [-0.05, 0) is 36.6 Å². The van der Waals surface area contributed by atoms with Crippen LogP contribution in [0.15, 0.2) is 23.9 Å². The van der Waals surface area contributed by atoms with Crippen molar-refractivity contribution in [2.75, 3.05) is 11.9 Å². The van der Waals surface area contributed by atoms with Crippen LogP contribution in [0.1, 0.15) is 18.9 Å². The van der Waals surface area contributed by atoms with Crippen LogP contribution >= 0.6 is 0 Å². The van der Waals surface area contributed by atoms with Crippen molar-refractivity contribution in [3.63, 3.8) is 0 Å². The van der Waals surface area contributed by atoms with Crippen LogP contribution in [0.25, 0.3) is 5.57 Å². The summed E-state index contributed by atoms with van der Waals surface area (Å²) in [6.45, 7) is 1.45. The molecular weight excluding hydrogens is 351 g/mol. The van der Waals surface area contributed by atoms with Gasteiger partial charge in [-0.15, -0.1) is 0 Å². The van der Waals surface area contributed by atoms with Gasteiger partial charge in [0.2, 0.25) is 5.91 Å². The van der Waals surface area contributed by atoms with Crippen LogP contribution in [0.4, 0.5) is 5.69 Å². The molecule has 9 heteroatoms. The van der Waals surface area contributed by atoms with Crippen molar-refractivity contribution in [2.45, 2.75) is 25.5 Å². The maximum absolute atomic E-state index is 12.2. The van der Waals surface area contributed by atoms with E-state index in [1.807, 2.05) is 0 Å². The van der Waals surface area contributed by atoms with Gasteiger partial charge in [0.25, 0.3) is 5.91 Å². The van der Waals surface area contributed by atoms with Gasteiger partial charge >= 0.3 is 29.6 Å². The standard InChI is InChI=1S/C17H16N2O6.Na/c1-7(20)14-11-5-9(15(17(23)24)19(11)16(14)22)8-2-3-12-10(4-8)18-13(21)6-25-12;/h2-4,7,11,14,20H,5-6H2,1H3,(H,18,21)(H,23,24);/q;+1/p-1/t7-,11-,14-;/m1./s1. The molecule has 8 nitrogen and oxygen atoms in total. The molecule has 0 saturated carbocycles. The van der Waals surface area contributed by atoms with E-state index in [0.29, 0.717) is 29.0 Å². The van der Waals surface area contributed by atoms with E-state index >= 15 is 0 Å². The smallest absolute Gasteiger partial charge is 0.543 e. The zero-order chi connectivity index (χ0) is 17.9. The number of carboxylic acid groups (broad SMARTS) is 1. The molecule has 2 amide bonds. The van der Waals surface area contributed by atoms with Crippen LogP contribution in [0.2, 0.25) is 0 Å². The van der Waals surface area contributed by atoms with Gasteiger partial charge in [0.05, 0.1) is 35.4 Å². The zero-order valence-corrected chi connectivity index (χ0v) is 16.3. The van der Waals surface area contributed by atoms with Crippen molar-refractivity contribution in [1.29, 1.82) is 0 Å². The molecule has 3 atom stereocenters. The van der Waals surface area contributed by atoms with Crippen molar-refractivity contribution in [3.05, 3.63) is 29.5 Å². The average Bonchev–Trinajstić information content (AvgIpc) is 2.89. The molecule has 1 aromatic carbocycles. The summed E-state index contributed by atoms with van der Waals surface area (Å²) in [7, 11) is 0. The number of nitrogens with one attached hydrogen (secondary N) is 1. The van der Waals surface area contributed by atoms with E-state index in [1.165, 1.54) is 11.8 Å². The molecule has 0 radical (unpaired) electrons. The van der Waals surface area contributed by atoms with E-state index in [4.69, 9.17) is 4.74 Å². The Morgan fingerprint density at radius 1 is 1.42 bits per heavy atom. The molecular formula is C17H15N2NaO6. The van der Waals surface area contributed by atoms with E-state index in [-0.39, 0.29) is 47.8 Å². The molecule has 3 aliphatic rings. The Kier molecular flexibility index (Phi) is 4.87. The number of hydrogen-bond donors (Lipinski definition) is 2. The predicted molar refractivity (Wildman–Crippen MR) is 82.9 cm³/mol. The molecule has 2 N–H and O–H groups in total. The SMILES string of the molecule is C[C@@H](O)[C@H]1C(=O)N2C(C(=O)[O-])=C(c3ccc4c(c3)NC(=O)CO4)C[C@H]12.[Na+]. The molecule has 1 saturated heterocycles. The number of ether oxygens (including phenoxy) is 1. The number of carboxylic acids is 1. The number of anilines is 1. The maximum Gasteiger partial charge on any atom is 1.00 e. The topological polar surface area (TPSA) is 119 Å². The van der Waals surface area contributed by atoms with E-state index in [0.717, 1.165) is 0 Å². The summed E-state index contributed by atoms with van der Waals surface area (Å²) in [6.07, 6.45) is -0.551. The van der Waals surface area contributed by atoms with Gasteiger partial charge in [0.1, 0.15) is 5.75 Å². The summed E-state index contributed by atoms with van der Waals surface area (Å²) < 4.78 is 5.29. The van der Waals surface area contributed by atoms with Crippen molar-refractivity contribution >= 4 is 29.0 Å². The number of fused-ring (bicyclic) bond motifs is 2. The van der Waals surface area contributed by atoms with Crippen molar-refractivity contribution in [1.82, 2.24) is 4.90 Å². The Balaban J connectivity index is 0.00000196. The van der Waals surface area contributed by atoms with Crippen LogP contribution in [-0.2, 0) is 14.4 Å². The summed E-state index contributed by atoms with van der Waals surface area (Å²) in [6, 6.07) is 4.56. The number of carbonyl (C=O) groups is 3. The third kappa shape index (κ3) is 2.73. The molecule has 0 aliphatic carbocycles. The van der Waals surface area contributed by atoms with Crippen LogP contribution < -0.4 is 44.7 Å². The maximum atomic E-state index is 12.2. The fraction of sp³-hybridized carbons (Fsp3) is 0.353. The third-order valence-electron chi connectivity index (χ3n) is 4.88. The first kappa shape index (κ1) is 18.9. The Labute approximate surface area is 171 Å². The molecule has 1 aromatic rings. The minimum Gasteiger partial charge on any atom is -0.543 e. The first-order chi connectivity index (χ1) is 11.9. The molecule has 0 spiro atoms. The molecule has 3 aliphatic heterocycles. The Bertz CT molecular complexity index is 850. The number of rotatable bonds is 3. The molecule has 1 fully saturated rings. The van der Waals surface area contributed by atoms with E-state index in [9.17, 15) is 24.6 Å². The average molecular weight is 366 g/mol. The van der Waals surface area contributed by atoms with Crippen molar-refractivity contribution in [2.24, 2.45) is 5.92 Å². The number of carbonyl (C=O) groups excluding carboxylic acids is 3. The normalized spacial score (nSPS) is 24.6. The number of hydrogen-bond acceptors (Lipinski definition) is 6. The second-order valence-electron chi connectivity index (χ2n) is 6.41. The molecule has 0 bridgehead atoms. The largest absolute Gasteiger partial charge is 1.00 e. The molecule has 130 valence electrons. The number of nitrogens with zero attached hydrogens (tertiary/aromatic N) is 1. The summed E-state index contributed by atoms with van der Waals surface area (Å²) >= 11 is 0. The monoisotopic (exact) mass is 366 g/mol. The summed E-state index contributed by atoms with van der Waals surface area (Å²) in [5, 5.41) is 24.1. The predicted octanol–water partition coefficient (Wildman–Crippen LogP) is -3.91. The van der Waals surface area contributed by atoms with Crippen LogP contribution in [0.3, 0.4) is 0 Å². The molecule has 26 heavy (non-hydrogen) atoms. The molecule has 3 heterocycles. The zero-order valence-electron chi connectivity index (χ0n) is 14.3. The molecule has 0 aromatic heterocycles. The second-order valence-corrected chi connectivity index (χ2v) is 6.41. The fourth-order valence-corrected chi connectivity index (χ4v) is 3.79. The second kappa shape index (κ2) is 6.70. The first-order valence-electron chi connectivity index (χ1n) is 7.91. The van der Waals surface area contributed by atoms with Crippen LogP contribution in [-0.4, -0.2) is 46.5 Å². The Hall–Kier alpha value is -1.87. The minimum atomic E-state index is -1.44. The summed E-state index contributed by atoms with van der Waals surface area (Å²) in [5.74, 6) is -2.26. The Morgan fingerprint density at radius 2 is 2.15 bits per heavy atom. The number of aliphatic hydroxyl groups excluding tert-OH is 1. The van der Waals surface area contributed by atoms with Crippen molar-refractivity contribution < 1.29 is 58.9 Å². The van der Waals surface area contributed by atoms with Gasteiger partial charge in [0.15, 0.2) is 6.61 Å². The van der Waals surface area contributed by atoms with Gasteiger partial charge in [-0.25, -0.2) is 0 Å². The number of aliphatic hydroxyl groups is 1. The summed E-state index contributed by atoms with van der Waals surface area (Å²) in [5.41, 5.74) is 1.29. The number of β-lactam (4-membered cyclic amide) rings is 1. The first-order valence-corrected chi connectivity index (χ1v) is 7.91. The van der Waals surface area contributed by atoms with E-state index < -0.39 is 29.9 Å². The van der Waals surface area contributed by atoms with Gasteiger partial charge in [0, 0.05) is 0 Å². The van der Waals surface area contributed by atoms with Gasteiger partial charge in [-0.1, -0.05) is 6.07 Å². The Morgan fingerprint density at radius 3 is 2.81 bits per heavy atom. The molecule has 4 rings (SSSR count). The van der Waals surface area contributed by atoms with Gasteiger partial charge in [-0.3, -0.25) is 9.59 Å². The van der Waals surface area contributed by atoms with Crippen LogP contribution in [0, 0.1) is 5.92 Å².